The molecule has 0 fully saturated rings. The molecule has 10 rings (SSSR count). The number of nitrogens with zero attached hydrogens (tertiary/aromatic N) is 4. The first-order chi connectivity index (χ1) is 27.5. The number of aromatic nitrogens is 2. The van der Waals surface area contributed by atoms with Gasteiger partial charge in [0.05, 0.1) is 18.0 Å². The Morgan fingerprint density at radius 2 is 1.21 bits per heavy atom. The minimum absolute atomic E-state index is 0. The number of anilines is 3. The monoisotopic (exact) mass is 931 g/mol. The van der Waals surface area contributed by atoms with Gasteiger partial charge in [0, 0.05) is 18.8 Å². The molecule has 57 heavy (non-hydrogen) atoms. The molecular formula is C51H40N4PtSi. The maximum absolute atomic E-state index is 5.05. The third-order valence-electron chi connectivity index (χ3n) is 11.6. The number of aryl methyl sites for hydroxylation is 2. The van der Waals surface area contributed by atoms with Crippen molar-refractivity contribution in [1.29, 1.82) is 0 Å². The molecule has 0 amide bonds. The van der Waals surface area contributed by atoms with E-state index >= 15 is 0 Å². The first kappa shape index (κ1) is 36.6. The van der Waals surface area contributed by atoms with Crippen LogP contribution >= 0.6 is 0 Å². The van der Waals surface area contributed by atoms with Crippen molar-refractivity contribution >= 4 is 67.7 Å². The predicted octanol–water partition coefficient (Wildman–Crippen LogP) is 8.98. The number of fused-ring (bicyclic) bond motifs is 4. The zero-order chi connectivity index (χ0) is 37.8. The summed E-state index contributed by atoms with van der Waals surface area (Å²) in [6.45, 7) is 5.14. The van der Waals surface area contributed by atoms with Crippen molar-refractivity contribution in [2.45, 2.75) is 13.8 Å². The average Bonchev–Trinajstić information content (AvgIpc) is 3.76. The molecule has 0 atom stereocenters. The molecule has 3 heterocycles. The van der Waals surface area contributed by atoms with E-state index in [0.29, 0.717) is 0 Å². The fourth-order valence-electron chi connectivity index (χ4n) is 9.04. The van der Waals surface area contributed by atoms with Crippen LogP contribution in [0.4, 0.5) is 17.1 Å². The van der Waals surface area contributed by atoms with Gasteiger partial charge in [0.15, 0.2) is 0 Å². The Bertz CT molecular complexity index is 2850. The molecule has 4 nitrogen and oxygen atoms in total. The van der Waals surface area contributed by atoms with Gasteiger partial charge < -0.3 is 14.4 Å². The molecule has 6 heteroatoms. The van der Waals surface area contributed by atoms with Crippen LogP contribution < -0.4 is 30.5 Å². The van der Waals surface area contributed by atoms with Crippen LogP contribution in [0, 0.1) is 26.0 Å². The van der Waals surface area contributed by atoms with Crippen molar-refractivity contribution in [1.82, 2.24) is 9.55 Å². The van der Waals surface area contributed by atoms with Crippen LogP contribution in [0.25, 0.3) is 38.8 Å². The van der Waals surface area contributed by atoms with E-state index in [1.54, 1.807) is 0 Å². The summed E-state index contributed by atoms with van der Waals surface area (Å²) in [5.74, 6) is 0.877. The standard InChI is InChI=1S/C51H40N4Si.Pt/c1-36-16-14-17-37(2)51(36)38-30-31-52-50(32-38)55-46-25-11-10-24-44(46)45-29-28-43(34-49(45)55)56(40-19-6-4-7-20-40,41-21-8-5-9-22-41)42-23-15-18-39(33-42)54-35-53(3)47-26-12-13-27-48(47)54;/h4-32H,35H2,1-3H3;/q-2;+2. The van der Waals surface area contributed by atoms with Crippen molar-refractivity contribution in [2.75, 3.05) is 23.5 Å². The van der Waals surface area contributed by atoms with Crippen molar-refractivity contribution in [2.24, 2.45) is 0 Å². The normalized spacial score (nSPS) is 12.5. The number of para-hydroxylation sites is 3. The van der Waals surface area contributed by atoms with E-state index < -0.39 is 8.07 Å². The van der Waals surface area contributed by atoms with Gasteiger partial charge in [0.1, 0.15) is 13.9 Å². The minimum atomic E-state index is -3.04. The molecule has 9 aromatic rings. The third-order valence-corrected chi connectivity index (χ3v) is 16.2. The Labute approximate surface area is 350 Å². The number of rotatable bonds is 7. The third kappa shape index (κ3) is 5.96. The predicted molar refractivity (Wildman–Crippen MR) is 237 cm³/mol. The van der Waals surface area contributed by atoms with E-state index in [1.807, 2.05) is 6.20 Å². The van der Waals surface area contributed by atoms with E-state index in [-0.39, 0.29) is 21.1 Å². The molecule has 0 saturated carbocycles. The molecule has 0 bridgehead atoms. The molecule has 1 aliphatic heterocycles. The summed E-state index contributed by atoms with van der Waals surface area (Å²) in [6.07, 6.45) is 1.95. The van der Waals surface area contributed by atoms with Crippen LogP contribution in [0.15, 0.2) is 176 Å². The van der Waals surface area contributed by atoms with Gasteiger partial charge in [-0.15, -0.1) is 11.5 Å². The van der Waals surface area contributed by atoms with Crippen molar-refractivity contribution in [3.05, 3.63) is 199 Å². The average molecular weight is 932 g/mol. The van der Waals surface area contributed by atoms with Crippen LogP contribution in [-0.4, -0.2) is 31.3 Å². The number of hydrogen-bond acceptors (Lipinski definition) is 3. The second kappa shape index (κ2) is 14.8. The fourth-order valence-corrected chi connectivity index (χ4v) is 13.6. The molecule has 7 aromatic carbocycles. The molecule has 2 aromatic heterocycles. The number of pyridine rings is 1. The first-order valence-corrected chi connectivity index (χ1v) is 21.2. The Balaban J connectivity index is 0.00000422. The topological polar surface area (TPSA) is 24.3 Å². The summed E-state index contributed by atoms with van der Waals surface area (Å²) in [4.78, 5) is 9.74. The molecule has 0 saturated heterocycles. The summed E-state index contributed by atoms with van der Waals surface area (Å²) < 4.78 is 2.32. The first-order valence-electron chi connectivity index (χ1n) is 19.2. The number of benzene rings is 7. The quantitative estimate of drug-likeness (QED) is 0.0907. The molecular weight excluding hydrogens is 892 g/mol. The summed E-state index contributed by atoms with van der Waals surface area (Å²) in [7, 11) is -0.886. The van der Waals surface area contributed by atoms with Crippen molar-refractivity contribution < 1.29 is 21.1 Å². The van der Waals surface area contributed by atoms with E-state index in [2.05, 4.69) is 217 Å². The Hall–Kier alpha value is -6.00. The molecule has 0 radical (unpaired) electrons. The molecule has 0 N–H and O–H groups in total. The Kier molecular flexibility index (Phi) is 9.52. The second-order valence-corrected chi connectivity index (χ2v) is 18.6. The fraction of sp³-hybridized carbons (Fsp3) is 0.0784. The summed E-state index contributed by atoms with van der Waals surface area (Å²) >= 11 is 0. The van der Waals surface area contributed by atoms with Gasteiger partial charge in [-0.05, 0) is 82.2 Å². The molecule has 278 valence electrons. The van der Waals surface area contributed by atoms with Crippen LogP contribution in [0.1, 0.15) is 11.1 Å². The zero-order valence-corrected chi connectivity index (χ0v) is 35.3. The smallest absolute Gasteiger partial charge is 0.355 e. The van der Waals surface area contributed by atoms with Gasteiger partial charge in [-0.3, -0.25) is 0 Å². The Morgan fingerprint density at radius 3 is 1.95 bits per heavy atom. The molecule has 0 aliphatic carbocycles. The summed E-state index contributed by atoms with van der Waals surface area (Å²) in [5, 5.41) is 7.26. The minimum Gasteiger partial charge on any atom is -0.355 e. The van der Waals surface area contributed by atoms with Gasteiger partial charge in [-0.1, -0.05) is 120 Å². The van der Waals surface area contributed by atoms with Crippen molar-refractivity contribution in [3.63, 3.8) is 0 Å². The largest absolute Gasteiger partial charge is 2.00 e. The van der Waals surface area contributed by atoms with E-state index in [1.165, 1.54) is 54.2 Å². The van der Waals surface area contributed by atoms with Gasteiger partial charge in [0.25, 0.3) is 0 Å². The van der Waals surface area contributed by atoms with Crippen LogP contribution in [0.3, 0.4) is 0 Å². The van der Waals surface area contributed by atoms with Crippen molar-refractivity contribution in [3.8, 4) is 16.9 Å². The maximum atomic E-state index is 5.05. The van der Waals surface area contributed by atoms with Gasteiger partial charge in [0.2, 0.25) is 0 Å². The SMILES string of the molecule is Cc1cccc(C)c1-c1ccnc(-n2c3[c-]c([Si](c4[c-]c(N5CN(C)c6ccccc65)ccc4)(c4ccccc4)c4ccccc4)ccc3c3ccccc32)c1.[Pt+2]. The van der Waals surface area contributed by atoms with Gasteiger partial charge >= 0.3 is 21.1 Å². The van der Waals surface area contributed by atoms with Crippen LogP contribution in [-0.2, 0) is 21.1 Å². The number of hydrogen-bond donors (Lipinski definition) is 0. The zero-order valence-electron chi connectivity index (χ0n) is 32.1. The summed E-state index contributed by atoms with van der Waals surface area (Å²) in [6, 6.07) is 69.9. The van der Waals surface area contributed by atoms with Crippen LogP contribution in [0.5, 0.6) is 0 Å². The van der Waals surface area contributed by atoms with E-state index in [0.717, 1.165) is 40.2 Å². The van der Waals surface area contributed by atoms with Gasteiger partial charge in [-0.25, -0.2) is 4.98 Å². The van der Waals surface area contributed by atoms with Gasteiger partial charge in [-0.2, -0.15) is 46.8 Å². The van der Waals surface area contributed by atoms with E-state index in [9.17, 15) is 0 Å². The second-order valence-electron chi connectivity index (χ2n) is 14.8. The van der Waals surface area contributed by atoms with E-state index in [4.69, 9.17) is 4.98 Å². The molecule has 0 unspecified atom stereocenters. The Morgan fingerprint density at radius 1 is 0.579 bits per heavy atom. The molecule has 1 aliphatic rings. The van der Waals surface area contributed by atoms with Crippen LogP contribution in [0.2, 0.25) is 0 Å². The summed E-state index contributed by atoms with van der Waals surface area (Å²) in [5.41, 5.74) is 10.5. The molecule has 0 spiro atoms. The maximum Gasteiger partial charge on any atom is 2.00 e.